The maximum Gasteiger partial charge on any atom is 0.224 e. The Balaban J connectivity index is 1.89. The van der Waals surface area contributed by atoms with Gasteiger partial charge in [0.05, 0.1) is 0 Å². The lowest BCUT2D eigenvalue weighted by atomic mass is 10.1. The monoisotopic (exact) mass is 283 g/mol. The van der Waals surface area contributed by atoms with E-state index in [2.05, 4.69) is 48.2 Å². The number of ether oxygens (including phenoxy) is 1. The molecular formula is C17H21N3O. The highest BCUT2D eigenvalue weighted by Crippen LogP contribution is 2.39. The van der Waals surface area contributed by atoms with Crippen LogP contribution in [0.1, 0.15) is 42.6 Å². The van der Waals surface area contributed by atoms with Gasteiger partial charge in [0.2, 0.25) is 5.88 Å². The number of aryl methyl sites for hydroxylation is 2. The molecule has 0 bridgehead atoms. The first-order valence-corrected chi connectivity index (χ1v) is 7.53. The summed E-state index contributed by atoms with van der Waals surface area (Å²) in [5, 5.41) is 3.25. The highest BCUT2D eigenvalue weighted by molar-refractivity contribution is 5.43. The lowest BCUT2D eigenvalue weighted by Gasteiger charge is -2.11. The third-order valence-corrected chi connectivity index (χ3v) is 3.57. The summed E-state index contributed by atoms with van der Waals surface area (Å²) < 4.78 is 5.98. The number of aromatic nitrogens is 2. The SMILES string of the molecule is CCNc1cc(Oc2ccc(C)cc2C)nc(C2CC2)n1. The molecule has 1 aromatic heterocycles. The zero-order valence-electron chi connectivity index (χ0n) is 12.8. The van der Waals surface area contributed by atoms with Crippen molar-refractivity contribution >= 4 is 5.82 Å². The number of nitrogens with one attached hydrogen (secondary N) is 1. The molecule has 1 aliphatic rings. The van der Waals surface area contributed by atoms with E-state index in [4.69, 9.17) is 4.74 Å². The molecule has 0 radical (unpaired) electrons. The number of hydrogen-bond acceptors (Lipinski definition) is 4. The summed E-state index contributed by atoms with van der Waals surface area (Å²) in [6.45, 7) is 7.03. The van der Waals surface area contributed by atoms with E-state index < -0.39 is 0 Å². The van der Waals surface area contributed by atoms with Gasteiger partial charge in [-0.15, -0.1) is 0 Å². The third-order valence-electron chi connectivity index (χ3n) is 3.57. The normalized spacial score (nSPS) is 14.0. The summed E-state index contributed by atoms with van der Waals surface area (Å²) in [5.74, 6) is 3.71. The van der Waals surface area contributed by atoms with Crippen molar-refractivity contribution in [1.29, 1.82) is 0 Å². The minimum Gasteiger partial charge on any atom is -0.439 e. The Morgan fingerprint density at radius 2 is 2.00 bits per heavy atom. The number of nitrogens with zero attached hydrogens (tertiary/aromatic N) is 2. The number of hydrogen-bond donors (Lipinski definition) is 1. The van der Waals surface area contributed by atoms with Crippen molar-refractivity contribution in [2.45, 2.75) is 39.5 Å². The number of anilines is 1. The van der Waals surface area contributed by atoms with Crippen LogP contribution in [0, 0.1) is 13.8 Å². The lowest BCUT2D eigenvalue weighted by Crippen LogP contribution is -2.04. The van der Waals surface area contributed by atoms with Crippen LogP contribution in [0.5, 0.6) is 11.6 Å². The van der Waals surface area contributed by atoms with E-state index in [0.717, 1.165) is 29.5 Å². The van der Waals surface area contributed by atoms with Crippen LogP contribution >= 0.6 is 0 Å². The van der Waals surface area contributed by atoms with E-state index in [1.165, 1.54) is 18.4 Å². The molecule has 3 rings (SSSR count). The van der Waals surface area contributed by atoms with E-state index in [9.17, 15) is 0 Å². The Hall–Kier alpha value is -2.10. The molecule has 1 aliphatic carbocycles. The zero-order valence-corrected chi connectivity index (χ0v) is 12.8. The van der Waals surface area contributed by atoms with Crippen LogP contribution in [0.4, 0.5) is 5.82 Å². The maximum atomic E-state index is 5.98. The fourth-order valence-corrected chi connectivity index (χ4v) is 2.32. The van der Waals surface area contributed by atoms with Crippen molar-refractivity contribution in [2.24, 2.45) is 0 Å². The molecule has 0 saturated heterocycles. The van der Waals surface area contributed by atoms with Crippen molar-refractivity contribution in [3.8, 4) is 11.6 Å². The van der Waals surface area contributed by atoms with Gasteiger partial charge in [-0.1, -0.05) is 17.7 Å². The molecule has 1 aromatic carbocycles. The smallest absolute Gasteiger partial charge is 0.224 e. The van der Waals surface area contributed by atoms with Gasteiger partial charge < -0.3 is 10.1 Å². The molecule has 0 aliphatic heterocycles. The fraction of sp³-hybridized carbons (Fsp3) is 0.412. The van der Waals surface area contributed by atoms with Crippen LogP contribution in [0.25, 0.3) is 0 Å². The molecule has 0 unspecified atom stereocenters. The lowest BCUT2D eigenvalue weighted by molar-refractivity contribution is 0.455. The van der Waals surface area contributed by atoms with Crippen molar-refractivity contribution in [2.75, 3.05) is 11.9 Å². The summed E-state index contributed by atoms with van der Waals surface area (Å²) in [4.78, 5) is 9.12. The van der Waals surface area contributed by atoms with Gasteiger partial charge in [-0.25, -0.2) is 4.98 Å². The van der Waals surface area contributed by atoms with Gasteiger partial charge in [-0.05, 0) is 45.2 Å². The molecule has 4 nitrogen and oxygen atoms in total. The van der Waals surface area contributed by atoms with E-state index in [-0.39, 0.29) is 0 Å². The Bertz CT molecular complexity index is 650. The molecule has 0 amide bonds. The van der Waals surface area contributed by atoms with Gasteiger partial charge >= 0.3 is 0 Å². The van der Waals surface area contributed by atoms with Gasteiger partial charge in [0.1, 0.15) is 17.4 Å². The predicted octanol–water partition coefficient (Wildman–Crippen LogP) is 4.19. The molecule has 0 atom stereocenters. The molecular weight excluding hydrogens is 262 g/mol. The van der Waals surface area contributed by atoms with Gasteiger partial charge in [0.25, 0.3) is 0 Å². The molecule has 21 heavy (non-hydrogen) atoms. The van der Waals surface area contributed by atoms with E-state index >= 15 is 0 Å². The van der Waals surface area contributed by atoms with Crippen LogP contribution in [0.2, 0.25) is 0 Å². The maximum absolute atomic E-state index is 5.98. The second-order valence-corrected chi connectivity index (χ2v) is 5.63. The van der Waals surface area contributed by atoms with Crippen LogP contribution in [0.15, 0.2) is 24.3 Å². The second kappa shape index (κ2) is 5.72. The van der Waals surface area contributed by atoms with Crippen molar-refractivity contribution in [3.05, 3.63) is 41.2 Å². The Labute approximate surface area is 125 Å². The first kappa shape index (κ1) is 13.9. The summed E-state index contributed by atoms with van der Waals surface area (Å²) in [6, 6.07) is 8.03. The van der Waals surface area contributed by atoms with E-state index in [1.54, 1.807) is 0 Å². The van der Waals surface area contributed by atoms with Gasteiger partial charge in [0, 0.05) is 18.5 Å². The Kier molecular flexibility index (Phi) is 3.78. The largest absolute Gasteiger partial charge is 0.439 e. The standard InChI is InChI=1S/C17H21N3O/c1-4-18-15-10-16(20-17(19-15)13-6-7-13)21-14-8-5-11(2)9-12(14)3/h5,8-10,13H,4,6-7H2,1-3H3,(H,18,19,20). The molecule has 2 aromatic rings. The zero-order chi connectivity index (χ0) is 14.8. The van der Waals surface area contributed by atoms with Crippen molar-refractivity contribution in [3.63, 3.8) is 0 Å². The summed E-state index contributed by atoms with van der Waals surface area (Å²) in [7, 11) is 0. The molecule has 1 heterocycles. The quantitative estimate of drug-likeness (QED) is 0.893. The first-order valence-electron chi connectivity index (χ1n) is 7.53. The molecule has 1 N–H and O–H groups in total. The van der Waals surface area contributed by atoms with Crippen LogP contribution in [0.3, 0.4) is 0 Å². The van der Waals surface area contributed by atoms with Crippen LogP contribution in [-0.4, -0.2) is 16.5 Å². The minimum atomic E-state index is 0.505. The molecule has 4 heteroatoms. The molecule has 1 saturated carbocycles. The highest BCUT2D eigenvalue weighted by Gasteiger charge is 2.27. The second-order valence-electron chi connectivity index (χ2n) is 5.63. The van der Waals surface area contributed by atoms with Gasteiger partial charge in [0.15, 0.2) is 0 Å². The van der Waals surface area contributed by atoms with Gasteiger partial charge in [-0.2, -0.15) is 4.98 Å². The fourth-order valence-electron chi connectivity index (χ4n) is 2.32. The molecule has 110 valence electrons. The molecule has 1 fully saturated rings. The van der Waals surface area contributed by atoms with E-state index in [0.29, 0.717) is 11.8 Å². The van der Waals surface area contributed by atoms with Crippen LogP contribution in [-0.2, 0) is 0 Å². The Morgan fingerprint density at radius 3 is 2.67 bits per heavy atom. The minimum absolute atomic E-state index is 0.505. The Morgan fingerprint density at radius 1 is 1.19 bits per heavy atom. The summed E-state index contributed by atoms with van der Waals surface area (Å²) in [5.41, 5.74) is 2.35. The highest BCUT2D eigenvalue weighted by atomic mass is 16.5. The average Bonchev–Trinajstić information content (AvgIpc) is 3.27. The molecule has 0 spiro atoms. The first-order chi connectivity index (χ1) is 10.2. The van der Waals surface area contributed by atoms with Gasteiger partial charge in [-0.3, -0.25) is 0 Å². The van der Waals surface area contributed by atoms with Crippen molar-refractivity contribution in [1.82, 2.24) is 9.97 Å². The topological polar surface area (TPSA) is 47.0 Å². The number of benzene rings is 1. The predicted molar refractivity (Wildman–Crippen MR) is 84.2 cm³/mol. The number of rotatable bonds is 5. The van der Waals surface area contributed by atoms with Crippen molar-refractivity contribution < 1.29 is 4.74 Å². The summed E-state index contributed by atoms with van der Waals surface area (Å²) in [6.07, 6.45) is 2.36. The van der Waals surface area contributed by atoms with Crippen LogP contribution < -0.4 is 10.1 Å². The third kappa shape index (κ3) is 3.32. The van der Waals surface area contributed by atoms with E-state index in [1.807, 2.05) is 12.1 Å². The average molecular weight is 283 g/mol. The summed E-state index contributed by atoms with van der Waals surface area (Å²) >= 11 is 0.